The van der Waals surface area contributed by atoms with Crippen LogP contribution >= 0.6 is 24.0 Å². The molecule has 1 saturated heterocycles. The van der Waals surface area contributed by atoms with Gasteiger partial charge in [0.1, 0.15) is 5.82 Å². The van der Waals surface area contributed by atoms with Gasteiger partial charge in [0, 0.05) is 59.1 Å². The second-order valence-electron chi connectivity index (χ2n) is 6.00. The van der Waals surface area contributed by atoms with Crippen molar-refractivity contribution in [3.05, 3.63) is 23.9 Å². The van der Waals surface area contributed by atoms with Gasteiger partial charge in [-0.2, -0.15) is 0 Å². The maximum absolute atomic E-state index is 5.31. The van der Waals surface area contributed by atoms with E-state index in [9.17, 15) is 0 Å². The number of rotatable bonds is 8. The predicted molar refractivity (Wildman–Crippen MR) is 119 cm³/mol. The molecule has 0 amide bonds. The van der Waals surface area contributed by atoms with E-state index in [-0.39, 0.29) is 24.0 Å². The van der Waals surface area contributed by atoms with Gasteiger partial charge < -0.3 is 25.2 Å². The molecule has 148 valence electrons. The normalized spacial score (nSPS) is 15.5. The Kier molecular flexibility index (Phi) is 11.5. The van der Waals surface area contributed by atoms with Crippen LogP contribution in [-0.2, 0) is 11.3 Å². The fourth-order valence-electron chi connectivity index (χ4n) is 2.79. The van der Waals surface area contributed by atoms with Crippen molar-refractivity contribution in [3.63, 3.8) is 0 Å². The Morgan fingerprint density at radius 1 is 1.19 bits per heavy atom. The van der Waals surface area contributed by atoms with Crippen molar-refractivity contribution in [2.24, 2.45) is 4.99 Å². The molecule has 1 aromatic heterocycles. The Labute approximate surface area is 174 Å². The quantitative estimate of drug-likeness (QED) is 0.257. The monoisotopic (exact) mass is 476 g/mol. The van der Waals surface area contributed by atoms with E-state index in [4.69, 9.17) is 4.74 Å². The highest BCUT2D eigenvalue weighted by Crippen LogP contribution is 2.13. The van der Waals surface area contributed by atoms with Crippen molar-refractivity contribution >= 4 is 35.8 Å². The number of likely N-dealkylation sites (N-methyl/N-ethyl adjacent to an activating group) is 1. The summed E-state index contributed by atoms with van der Waals surface area (Å²) in [6.07, 6.45) is 1.95. The van der Waals surface area contributed by atoms with E-state index < -0.39 is 0 Å². The molecule has 0 unspecified atom stereocenters. The van der Waals surface area contributed by atoms with E-state index >= 15 is 0 Å². The largest absolute Gasteiger partial charge is 0.380 e. The van der Waals surface area contributed by atoms with E-state index in [1.54, 1.807) is 7.05 Å². The number of halogens is 1. The summed E-state index contributed by atoms with van der Waals surface area (Å²) in [5.74, 6) is 1.85. The van der Waals surface area contributed by atoms with Gasteiger partial charge in [-0.15, -0.1) is 24.0 Å². The predicted octanol–water partition coefficient (Wildman–Crippen LogP) is 1.54. The Morgan fingerprint density at radius 3 is 2.54 bits per heavy atom. The summed E-state index contributed by atoms with van der Waals surface area (Å²) in [5, 5.41) is 6.53. The van der Waals surface area contributed by atoms with Crippen molar-refractivity contribution in [1.29, 1.82) is 0 Å². The van der Waals surface area contributed by atoms with Crippen LogP contribution in [0.4, 0.5) is 5.82 Å². The van der Waals surface area contributed by atoms with Gasteiger partial charge in [0.15, 0.2) is 5.96 Å². The summed E-state index contributed by atoms with van der Waals surface area (Å²) in [5.41, 5.74) is 1.14. The number of hydrogen-bond acceptors (Lipinski definition) is 5. The minimum atomic E-state index is 0. The molecule has 1 aromatic rings. The van der Waals surface area contributed by atoms with Gasteiger partial charge in [-0.05, 0) is 25.1 Å². The number of aromatic nitrogens is 1. The van der Waals surface area contributed by atoms with Crippen LogP contribution in [0.15, 0.2) is 23.3 Å². The average Bonchev–Trinajstić information content (AvgIpc) is 2.68. The number of piperazine rings is 1. The van der Waals surface area contributed by atoms with Crippen LogP contribution < -0.4 is 15.5 Å². The van der Waals surface area contributed by atoms with E-state index in [1.807, 2.05) is 13.1 Å². The summed E-state index contributed by atoms with van der Waals surface area (Å²) in [7, 11) is 1.77. The third-order valence-corrected chi connectivity index (χ3v) is 4.38. The van der Waals surface area contributed by atoms with Crippen molar-refractivity contribution in [2.75, 3.05) is 64.4 Å². The van der Waals surface area contributed by atoms with Gasteiger partial charge in [0.25, 0.3) is 0 Å². The molecular weight excluding hydrogens is 443 g/mol. The van der Waals surface area contributed by atoms with Crippen LogP contribution in [0.2, 0.25) is 0 Å². The van der Waals surface area contributed by atoms with Crippen molar-refractivity contribution in [3.8, 4) is 0 Å². The van der Waals surface area contributed by atoms with Crippen LogP contribution in [0.25, 0.3) is 0 Å². The van der Waals surface area contributed by atoms with E-state index in [1.165, 1.54) is 0 Å². The first kappa shape index (κ1) is 22.9. The fourth-order valence-corrected chi connectivity index (χ4v) is 2.79. The first-order chi connectivity index (χ1) is 12.3. The molecule has 8 heteroatoms. The van der Waals surface area contributed by atoms with Gasteiger partial charge >= 0.3 is 0 Å². The topological polar surface area (TPSA) is 65.0 Å². The fraction of sp³-hybridized carbons (Fsp3) is 0.667. The van der Waals surface area contributed by atoms with Gasteiger partial charge in [-0.3, -0.25) is 4.99 Å². The lowest BCUT2D eigenvalue weighted by atomic mass is 10.2. The molecule has 0 atom stereocenters. The molecule has 2 heterocycles. The van der Waals surface area contributed by atoms with Crippen LogP contribution in [0.1, 0.15) is 19.4 Å². The molecule has 1 aliphatic heterocycles. The number of anilines is 1. The molecule has 1 fully saturated rings. The molecular formula is C18H33IN6O. The Bertz CT molecular complexity index is 517. The highest BCUT2D eigenvalue weighted by molar-refractivity contribution is 14.0. The molecule has 0 bridgehead atoms. The lowest BCUT2D eigenvalue weighted by Crippen LogP contribution is -2.46. The number of nitrogens with zero attached hydrogens (tertiary/aromatic N) is 4. The first-order valence-electron chi connectivity index (χ1n) is 9.21. The lowest BCUT2D eigenvalue weighted by Gasteiger charge is -2.34. The molecule has 26 heavy (non-hydrogen) atoms. The molecule has 0 spiro atoms. The Morgan fingerprint density at radius 2 is 1.96 bits per heavy atom. The zero-order valence-corrected chi connectivity index (χ0v) is 18.5. The van der Waals surface area contributed by atoms with Gasteiger partial charge in [-0.25, -0.2) is 4.98 Å². The van der Waals surface area contributed by atoms with Gasteiger partial charge in [0.2, 0.25) is 0 Å². The summed E-state index contributed by atoms with van der Waals surface area (Å²) >= 11 is 0. The van der Waals surface area contributed by atoms with Gasteiger partial charge in [-0.1, -0.05) is 13.0 Å². The minimum Gasteiger partial charge on any atom is -0.380 e. The third-order valence-electron chi connectivity index (χ3n) is 4.38. The Balaban J connectivity index is 0.00000338. The van der Waals surface area contributed by atoms with E-state index in [0.29, 0.717) is 13.2 Å². The molecule has 0 radical (unpaired) electrons. The van der Waals surface area contributed by atoms with Crippen LogP contribution in [-0.4, -0.2) is 75.4 Å². The second-order valence-corrected chi connectivity index (χ2v) is 6.00. The maximum atomic E-state index is 5.31. The van der Waals surface area contributed by atoms with Crippen LogP contribution in [0.5, 0.6) is 0 Å². The zero-order valence-electron chi connectivity index (χ0n) is 16.2. The summed E-state index contributed by atoms with van der Waals surface area (Å²) < 4.78 is 5.31. The molecule has 2 rings (SSSR count). The smallest absolute Gasteiger partial charge is 0.191 e. The van der Waals surface area contributed by atoms with Crippen LogP contribution in [0, 0.1) is 0 Å². The van der Waals surface area contributed by atoms with Crippen molar-refractivity contribution < 1.29 is 4.74 Å². The number of hydrogen-bond donors (Lipinski definition) is 2. The number of nitrogens with one attached hydrogen (secondary N) is 2. The van der Waals surface area contributed by atoms with Crippen molar-refractivity contribution in [1.82, 2.24) is 20.5 Å². The maximum Gasteiger partial charge on any atom is 0.191 e. The highest BCUT2D eigenvalue weighted by atomic mass is 127. The molecule has 0 aliphatic carbocycles. The molecule has 7 nitrogen and oxygen atoms in total. The summed E-state index contributed by atoms with van der Waals surface area (Å²) in [6, 6.07) is 4.25. The number of pyridine rings is 1. The molecule has 2 N–H and O–H groups in total. The van der Waals surface area contributed by atoms with Gasteiger partial charge in [0.05, 0.1) is 6.61 Å². The Hall–Kier alpha value is -1.13. The zero-order chi connectivity index (χ0) is 17.9. The number of ether oxygens (including phenoxy) is 1. The first-order valence-corrected chi connectivity index (χ1v) is 9.21. The van der Waals surface area contributed by atoms with Crippen molar-refractivity contribution in [2.45, 2.75) is 20.4 Å². The molecule has 0 aromatic carbocycles. The van der Waals surface area contributed by atoms with Crippen LogP contribution in [0.3, 0.4) is 0 Å². The second kappa shape index (κ2) is 13.1. The highest BCUT2D eigenvalue weighted by Gasteiger charge is 2.16. The summed E-state index contributed by atoms with van der Waals surface area (Å²) in [4.78, 5) is 13.7. The van der Waals surface area contributed by atoms with E-state index in [2.05, 4.69) is 49.5 Å². The standard InChI is InChI=1S/C18H32N6O.HI/c1-4-23-9-11-24(12-10-23)17-7-6-16(14-21-17)15-22-18(19-3)20-8-13-25-5-2;/h6-7,14H,4-5,8-13,15H2,1-3H3,(H2,19,20,22);1H. The summed E-state index contributed by atoms with van der Waals surface area (Å²) in [6.45, 7) is 12.5. The lowest BCUT2D eigenvalue weighted by molar-refractivity contribution is 0.152. The molecule has 1 aliphatic rings. The third kappa shape index (κ3) is 7.63. The minimum absolute atomic E-state index is 0. The molecule has 0 saturated carbocycles. The average molecular weight is 476 g/mol. The number of guanidine groups is 1. The SMILES string of the molecule is CCOCCNC(=NC)NCc1ccc(N2CCN(CC)CC2)nc1.I. The number of aliphatic imine (C=N–C) groups is 1. The van der Waals surface area contributed by atoms with E-state index in [0.717, 1.165) is 63.2 Å².